The first-order chi connectivity index (χ1) is 10.9. The van der Waals surface area contributed by atoms with Crippen LogP contribution in [0.4, 0.5) is 0 Å². The van der Waals surface area contributed by atoms with Crippen molar-refractivity contribution in [1.82, 2.24) is 0 Å². The van der Waals surface area contributed by atoms with Crippen LogP contribution in [-0.4, -0.2) is 5.48 Å². The monoisotopic (exact) mass is 322 g/mol. The number of hydrogen-bond acceptors (Lipinski definition) is 0. The molecule has 23 heavy (non-hydrogen) atoms. The van der Waals surface area contributed by atoms with Crippen LogP contribution < -0.4 is 4.57 Å². The molecule has 0 aliphatic rings. The van der Waals surface area contributed by atoms with Gasteiger partial charge in [-0.15, -0.1) is 0 Å². The Bertz CT molecular complexity index is 326. The van der Waals surface area contributed by atoms with Gasteiger partial charge in [-0.2, -0.15) is 0 Å². The molecule has 0 saturated carbocycles. The third-order valence-electron chi connectivity index (χ3n) is 4.55. The van der Waals surface area contributed by atoms with Gasteiger partial charge in [0.25, 0.3) is 0 Å². The van der Waals surface area contributed by atoms with Crippen LogP contribution in [0.2, 0.25) is 0 Å². The molecule has 0 aromatic carbocycles. The van der Waals surface area contributed by atoms with Crippen molar-refractivity contribution in [3.63, 3.8) is 0 Å². The summed E-state index contributed by atoms with van der Waals surface area (Å²) in [4.78, 5) is 0. The third kappa shape index (κ3) is 14.4. The van der Waals surface area contributed by atoms with E-state index in [4.69, 9.17) is 0 Å². The lowest BCUT2D eigenvalue weighted by molar-refractivity contribution is -0.697. The number of pyridine rings is 1. The van der Waals surface area contributed by atoms with E-state index in [9.17, 15) is 0 Å². The van der Waals surface area contributed by atoms with Crippen LogP contribution in [0.3, 0.4) is 0 Å². The van der Waals surface area contributed by atoms with Crippen molar-refractivity contribution in [2.45, 2.75) is 103 Å². The van der Waals surface area contributed by atoms with E-state index in [1.165, 1.54) is 96.4 Å². The van der Waals surface area contributed by atoms with Gasteiger partial charge >= 0.3 is 0 Å². The van der Waals surface area contributed by atoms with Crippen LogP contribution in [0.5, 0.6) is 0 Å². The highest BCUT2D eigenvalue weighted by Crippen LogP contribution is 2.12. The second-order valence-electron chi connectivity index (χ2n) is 6.71. The van der Waals surface area contributed by atoms with Gasteiger partial charge in [0.1, 0.15) is 6.54 Å². The zero-order chi connectivity index (χ0) is 15.7. The molecule has 0 saturated heterocycles. The third-order valence-corrected chi connectivity index (χ3v) is 4.55. The average molecular weight is 323 g/mol. The summed E-state index contributed by atoms with van der Waals surface area (Å²) in [6, 6.07) is 6.31. The van der Waals surface area contributed by atoms with Crippen molar-refractivity contribution in [2.75, 3.05) is 0 Å². The van der Waals surface area contributed by atoms with E-state index in [0.717, 1.165) is 0 Å². The first-order valence-electron chi connectivity index (χ1n) is 9.87. The summed E-state index contributed by atoms with van der Waals surface area (Å²) in [5, 5.41) is 0. The second kappa shape index (κ2) is 17.5. The largest absolute Gasteiger partial charge is 0.412 e. The van der Waals surface area contributed by atoms with Gasteiger partial charge in [-0.05, 0) is 6.42 Å². The summed E-state index contributed by atoms with van der Waals surface area (Å²) in [5.41, 5.74) is 0. The van der Waals surface area contributed by atoms with Gasteiger partial charge in [0.2, 0.25) is 0 Å². The Morgan fingerprint density at radius 3 is 1.35 bits per heavy atom. The predicted molar refractivity (Wildman–Crippen MR) is 101 cm³/mol. The lowest BCUT2D eigenvalue weighted by Gasteiger charge is -2.02. The molecule has 0 unspecified atom stereocenters. The number of nitrogens with zero attached hydrogens (tertiary/aromatic N) is 1. The molecular weight excluding hydrogens is 282 g/mol. The van der Waals surface area contributed by atoms with E-state index in [2.05, 4.69) is 42.1 Å². The molecule has 0 spiro atoms. The van der Waals surface area contributed by atoms with Gasteiger partial charge in [-0.3, -0.25) is 0 Å². The van der Waals surface area contributed by atoms with E-state index in [-0.39, 0.29) is 5.48 Å². The Labute approximate surface area is 144 Å². The Morgan fingerprint density at radius 1 is 0.522 bits per heavy atom. The fraction of sp³-hybridized carbons (Fsp3) is 0.762. The molecule has 1 aromatic heterocycles. The molecular formula is C21H40NO+. The molecule has 134 valence electrons. The van der Waals surface area contributed by atoms with Gasteiger partial charge in [0.15, 0.2) is 12.4 Å². The van der Waals surface area contributed by atoms with E-state index in [0.29, 0.717) is 0 Å². The van der Waals surface area contributed by atoms with E-state index >= 15 is 0 Å². The van der Waals surface area contributed by atoms with E-state index < -0.39 is 0 Å². The van der Waals surface area contributed by atoms with Crippen molar-refractivity contribution in [2.24, 2.45) is 0 Å². The Hall–Kier alpha value is -0.890. The highest BCUT2D eigenvalue weighted by molar-refractivity contribution is 4.83. The zero-order valence-corrected chi connectivity index (χ0v) is 15.4. The van der Waals surface area contributed by atoms with Gasteiger partial charge in [0.05, 0.1) is 0 Å². The van der Waals surface area contributed by atoms with Crippen molar-refractivity contribution in [3.05, 3.63) is 30.6 Å². The standard InChI is InChI=1S/C21H38N.H2O/c1-2-3-4-5-6-7-8-9-10-11-12-13-14-16-19-22-20-17-15-18-21-22;/h15,17-18,20-21H,2-14,16,19H2,1H3;1H2/q+1;. The van der Waals surface area contributed by atoms with Crippen molar-refractivity contribution < 1.29 is 10.0 Å². The lowest BCUT2D eigenvalue weighted by Crippen LogP contribution is -2.32. The topological polar surface area (TPSA) is 35.4 Å². The van der Waals surface area contributed by atoms with Crippen LogP contribution in [0, 0.1) is 0 Å². The first kappa shape index (κ1) is 22.1. The zero-order valence-electron chi connectivity index (χ0n) is 15.4. The van der Waals surface area contributed by atoms with Crippen molar-refractivity contribution in [3.8, 4) is 0 Å². The molecule has 2 heteroatoms. The Morgan fingerprint density at radius 2 is 0.913 bits per heavy atom. The molecule has 1 heterocycles. The van der Waals surface area contributed by atoms with Gasteiger partial charge in [0, 0.05) is 18.6 Å². The molecule has 2 N–H and O–H groups in total. The molecule has 0 radical (unpaired) electrons. The summed E-state index contributed by atoms with van der Waals surface area (Å²) in [7, 11) is 0. The maximum atomic E-state index is 2.29. The maximum absolute atomic E-state index is 2.29. The normalized spacial score (nSPS) is 10.5. The Kier molecular flexibility index (Phi) is 16.8. The molecule has 0 amide bonds. The van der Waals surface area contributed by atoms with Gasteiger partial charge < -0.3 is 5.48 Å². The molecule has 0 fully saturated rings. The fourth-order valence-electron chi connectivity index (χ4n) is 3.07. The van der Waals surface area contributed by atoms with Crippen molar-refractivity contribution >= 4 is 0 Å². The van der Waals surface area contributed by atoms with E-state index in [1.807, 2.05) is 0 Å². The highest BCUT2D eigenvalue weighted by atomic mass is 16.0. The number of unbranched alkanes of at least 4 members (excludes halogenated alkanes) is 13. The molecule has 0 bridgehead atoms. The van der Waals surface area contributed by atoms with Crippen LogP contribution in [0.1, 0.15) is 96.8 Å². The predicted octanol–water partition coefficient (Wildman–Crippen LogP) is 5.63. The molecule has 0 atom stereocenters. The van der Waals surface area contributed by atoms with Gasteiger partial charge in [-0.1, -0.05) is 90.0 Å². The first-order valence-corrected chi connectivity index (χ1v) is 9.87. The Balaban J connectivity index is 0.00000484. The minimum Gasteiger partial charge on any atom is -0.412 e. The SMILES string of the molecule is CCCCCCCCCCCCCCCC[n+]1ccccc1.O. The van der Waals surface area contributed by atoms with Gasteiger partial charge in [-0.25, -0.2) is 4.57 Å². The average Bonchev–Trinajstić information content (AvgIpc) is 2.56. The molecule has 1 rings (SSSR count). The quantitative estimate of drug-likeness (QED) is 0.296. The van der Waals surface area contributed by atoms with Crippen LogP contribution in [0.15, 0.2) is 30.6 Å². The second-order valence-corrected chi connectivity index (χ2v) is 6.71. The smallest absolute Gasteiger partial charge is 0.168 e. The molecule has 1 aromatic rings. The number of aryl methyl sites for hydroxylation is 1. The minimum atomic E-state index is 0. The molecule has 0 aliphatic heterocycles. The maximum Gasteiger partial charge on any atom is 0.168 e. The summed E-state index contributed by atoms with van der Waals surface area (Å²) < 4.78 is 2.29. The molecule has 0 aliphatic carbocycles. The number of rotatable bonds is 15. The van der Waals surface area contributed by atoms with E-state index in [1.54, 1.807) is 0 Å². The van der Waals surface area contributed by atoms with Crippen molar-refractivity contribution in [1.29, 1.82) is 0 Å². The molecule has 2 nitrogen and oxygen atoms in total. The number of aromatic nitrogens is 1. The summed E-state index contributed by atoms with van der Waals surface area (Å²) in [6.07, 6.45) is 24.4. The summed E-state index contributed by atoms with van der Waals surface area (Å²) in [6.45, 7) is 3.47. The lowest BCUT2D eigenvalue weighted by atomic mass is 10.0. The van der Waals surface area contributed by atoms with Crippen LogP contribution >= 0.6 is 0 Å². The fourth-order valence-corrected chi connectivity index (χ4v) is 3.07. The van der Waals surface area contributed by atoms with Crippen LogP contribution in [0.25, 0.3) is 0 Å². The highest BCUT2D eigenvalue weighted by Gasteiger charge is 1.98. The summed E-state index contributed by atoms with van der Waals surface area (Å²) in [5.74, 6) is 0. The summed E-state index contributed by atoms with van der Waals surface area (Å²) >= 11 is 0. The minimum absolute atomic E-state index is 0. The number of hydrogen-bond donors (Lipinski definition) is 0. The van der Waals surface area contributed by atoms with Crippen LogP contribution in [-0.2, 0) is 6.54 Å².